The fourth-order valence-electron chi connectivity index (χ4n) is 1.46. The summed E-state index contributed by atoms with van der Waals surface area (Å²) in [5.74, 6) is -2.35. The van der Waals surface area contributed by atoms with E-state index in [0.29, 0.717) is 5.69 Å². The van der Waals surface area contributed by atoms with Gasteiger partial charge < -0.3 is 15.3 Å². The number of phenols is 3. The zero-order chi connectivity index (χ0) is 13.8. The molecule has 0 radical (unpaired) electrons. The van der Waals surface area contributed by atoms with Crippen molar-refractivity contribution in [1.29, 1.82) is 0 Å². The topological polar surface area (TPSA) is 102 Å². The van der Waals surface area contributed by atoms with E-state index in [1.165, 1.54) is 0 Å². The minimum Gasteiger partial charge on any atom is -0.504 e. The maximum atomic E-state index is 11.8. The maximum absolute atomic E-state index is 11.8. The Hall–Kier alpha value is -2.89. The number of hydrogen-bond donors (Lipinski definition) is 5. The summed E-state index contributed by atoms with van der Waals surface area (Å²) in [6.45, 7) is 0. The molecule has 0 bridgehead atoms. The largest absolute Gasteiger partial charge is 0.504 e. The third-order valence-electron chi connectivity index (χ3n) is 2.43. The summed E-state index contributed by atoms with van der Waals surface area (Å²) in [6.07, 6.45) is 0. The SMILES string of the molecule is O=C(NNc1ccccc1)c1cc(O)c(O)c(O)c1. The number of rotatable bonds is 3. The number of aromatic hydroxyl groups is 3. The lowest BCUT2D eigenvalue weighted by atomic mass is 10.2. The first-order valence-electron chi connectivity index (χ1n) is 5.44. The van der Waals surface area contributed by atoms with Gasteiger partial charge in [0.1, 0.15) is 0 Å². The first-order chi connectivity index (χ1) is 9.08. The van der Waals surface area contributed by atoms with E-state index < -0.39 is 23.2 Å². The van der Waals surface area contributed by atoms with Crippen LogP contribution in [0.25, 0.3) is 0 Å². The summed E-state index contributed by atoms with van der Waals surface area (Å²) in [5, 5.41) is 27.8. The van der Waals surface area contributed by atoms with Crippen molar-refractivity contribution >= 4 is 11.6 Å². The van der Waals surface area contributed by atoms with Gasteiger partial charge >= 0.3 is 0 Å². The van der Waals surface area contributed by atoms with Gasteiger partial charge in [0, 0.05) is 5.56 Å². The fraction of sp³-hybridized carbons (Fsp3) is 0. The summed E-state index contributed by atoms with van der Waals surface area (Å²) in [5.41, 5.74) is 5.76. The zero-order valence-corrected chi connectivity index (χ0v) is 9.79. The molecule has 0 atom stereocenters. The molecule has 0 aliphatic carbocycles. The van der Waals surface area contributed by atoms with Crippen LogP contribution in [0, 0.1) is 0 Å². The summed E-state index contributed by atoms with van der Waals surface area (Å²) in [4.78, 5) is 11.8. The number of benzene rings is 2. The van der Waals surface area contributed by atoms with E-state index in [-0.39, 0.29) is 5.56 Å². The molecule has 0 aromatic heterocycles. The van der Waals surface area contributed by atoms with Crippen LogP contribution in [0.2, 0.25) is 0 Å². The van der Waals surface area contributed by atoms with Crippen LogP contribution in [0.1, 0.15) is 10.4 Å². The smallest absolute Gasteiger partial charge is 0.269 e. The standard InChI is InChI=1S/C13H12N2O4/c16-10-6-8(7-11(17)12(10)18)13(19)15-14-9-4-2-1-3-5-9/h1-7,14,16-18H,(H,15,19). The molecule has 2 aromatic carbocycles. The molecule has 0 unspecified atom stereocenters. The second-order valence-electron chi connectivity index (χ2n) is 3.81. The zero-order valence-electron chi connectivity index (χ0n) is 9.79. The first-order valence-corrected chi connectivity index (χ1v) is 5.44. The van der Waals surface area contributed by atoms with E-state index in [1.54, 1.807) is 24.3 Å². The lowest BCUT2D eigenvalue weighted by Crippen LogP contribution is -2.29. The van der Waals surface area contributed by atoms with Gasteiger partial charge in [-0.25, -0.2) is 0 Å². The molecule has 0 spiro atoms. The van der Waals surface area contributed by atoms with Crippen LogP contribution in [0.4, 0.5) is 5.69 Å². The highest BCUT2D eigenvalue weighted by atomic mass is 16.3. The molecule has 19 heavy (non-hydrogen) atoms. The highest BCUT2D eigenvalue weighted by molar-refractivity contribution is 5.96. The molecule has 0 aliphatic heterocycles. The highest BCUT2D eigenvalue weighted by Gasteiger charge is 2.13. The van der Waals surface area contributed by atoms with Gasteiger partial charge in [-0.1, -0.05) is 18.2 Å². The third-order valence-corrected chi connectivity index (χ3v) is 2.43. The molecule has 6 heteroatoms. The number of para-hydroxylation sites is 1. The van der Waals surface area contributed by atoms with E-state index in [9.17, 15) is 20.1 Å². The monoisotopic (exact) mass is 260 g/mol. The van der Waals surface area contributed by atoms with Gasteiger partial charge in [0.25, 0.3) is 5.91 Å². The molecule has 0 saturated heterocycles. The Kier molecular flexibility index (Phi) is 3.42. The Balaban J connectivity index is 2.08. The predicted octanol–water partition coefficient (Wildman–Crippen LogP) is 1.56. The van der Waals surface area contributed by atoms with Crippen molar-refractivity contribution in [2.24, 2.45) is 0 Å². The van der Waals surface area contributed by atoms with E-state index in [0.717, 1.165) is 12.1 Å². The summed E-state index contributed by atoms with van der Waals surface area (Å²) >= 11 is 0. The minimum atomic E-state index is -0.660. The number of anilines is 1. The van der Waals surface area contributed by atoms with Crippen LogP contribution in [0.5, 0.6) is 17.2 Å². The normalized spacial score (nSPS) is 9.89. The summed E-state index contributed by atoms with van der Waals surface area (Å²) in [6, 6.07) is 11.1. The molecule has 1 amide bonds. The van der Waals surface area contributed by atoms with Crippen molar-refractivity contribution in [2.45, 2.75) is 0 Å². The van der Waals surface area contributed by atoms with E-state index >= 15 is 0 Å². The van der Waals surface area contributed by atoms with Gasteiger partial charge in [-0.2, -0.15) is 0 Å². The molecule has 98 valence electrons. The Morgan fingerprint density at radius 3 is 2.11 bits per heavy atom. The van der Waals surface area contributed by atoms with Gasteiger partial charge in [-0.3, -0.25) is 15.6 Å². The number of carbonyl (C=O) groups excluding carboxylic acids is 1. The van der Waals surface area contributed by atoms with E-state index in [4.69, 9.17) is 0 Å². The molecular formula is C13H12N2O4. The van der Waals surface area contributed by atoms with Crippen molar-refractivity contribution in [3.8, 4) is 17.2 Å². The predicted molar refractivity (Wildman–Crippen MR) is 69.0 cm³/mol. The maximum Gasteiger partial charge on any atom is 0.269 e. The average molecular weight is 260 g/mol. The number of amides is 1. The van der Waals surface area contributed by atoms with Crippen LogP contribution >= 0.6 is 0 Å². The fourth-order valence-corrected chi connectivity index (χ4v) is 1.46. The number of carbonyl (C=O) groups is 1. The Labute approximate surface area is 108 Å². The van der Waals surface area contributed by atoms with Crippen LogP contribution in [-0.2, 0) is 0 Å². The van der Waals surface area contributed by atoms with Gasteiger partial charge in [0.15, 0.2) is 17.2 Å². The van der Waals surface area contributed by atoms with Crippen molar-refractivity contribution in [1.82, 2.24) is 5.43 Å². The van der Waals surface area contributed by atoms with Crippen molar-refractivity contribution in [2.75, 3.05) is 5.43 Å². The Morgan fingerprint density at radius 2 is 1.53 bits per heavy atom. The lowest BCUT2D eigenvalue weighted by molar-refractivity contribution is 0.0962. The molecule has 0 aliphatic rings. The van der Waals surface area contributed by atoms with Crippen LogP contribution < -0.4 is 10.9 Å². The van der Waals surface area contributed by atoms with Gasteiger partial charge in [0.05, 0.1) is 5.69 Å². The minimum absolute atomic E-state index is 0.0104. The van der Waals surface area contributed by atoms with Gasteiger partial charge in [-0.15, -0.1) is 0 Å². The quantitative estimate of drug-likeness (QED) is 0.426. The third kappa shape index (κ3) is 2.86. The molecular weight excluding hydrogens is 248 g/mol. The average Bonchev–Trinajstić information content (AvgIpc) is 2.42. The molecule has 2 aromatic rings. The number of nitrogens with one attached hydrogen (secondary N) is 2. The molecule has 2 rings (SSSR count). The van der Waals surface area contributed by atoms with E-state index in [1.807, 2.05) is 6.07 Å². The molecule has 0 saturated carbocycles. The van der Waals surface area contributed by atoms with Crippen LogP contribution in [-0.4, -0.2) is 21.2 Å². The van der Waals surface area contributed by atoms with Crippen LogP contribution in [0.15, 0.2) is 42.5 Å². The number of hydrazine groups is 1. The van der Waals surface area contributed by atoms with E-state index in [2.05, 4.69) is 10.9 Å². The molecule has 6 nitrogen and oxygen atoms in total. The Bertz CT molecular complexity index is 576. The van der Waals surface area contributed by atoms with Gasteiger partial charge in [-0.05, 0) is 24.3 Å². The van der Waals surface area contributed by atoms with Crippen molar-refractivity contribution in [3.05, 3.63) is 48.0 Å². The lowest BCUT2D eigenvalue weighted by Gasteiger charge is -2.09. The second-order valence-corrected chi connectivity index (χ2v) is 3.81. The summed E-state index contributed by atoms with van der Waals surface area (Å²) < 4.78 is 0. The van der Waals surface area contributed by atoms with Gasteiger partial charge in [0.2, 0.25) is 0 Å². The molecule has 5 N–H and O–H groups in total. The van der Waals surface area contributed by atoms with Crippen molar-refractivity contribution < 1.29 is 20.1 Å². The van der Waals surface area contributed by atoms with Crippen molar-refractivity contribution in [3.63, 3.8) is 0 Å². The highest BCUT2D eigenvalue weighted by Crippen LogP contribution is 2.35. The first kappa shape index (κ1) is 12.6. The Morgan fingerprint density at radius 1 is 0.947 bits per heavy atom. The second kappa shape index (κ2) is 5.18. The van der Waals surface area contributed by atoms with Crippen LogP contribution in [0.3, 0.4) is 0 Å². The molecule has 0 heterocycles. The molecule has 0 fully saturated rings. The summed E-state index contributed by atoms with van der Waals surface area (Å²) in [7, 11) is 0. The number of hydrogen-bond acceptors (Lipinski definition) is 5. The number of phenolic OH excluding ortho intramolecular Hbond substituents is 3.